The van der Waals surface area contributed by atoms with E-state index in [9.17, 15) is 10.0 Å². The van der Waals surface area contributed by atoms with Gasteiger partial charge in [-0.25, -0.2) is 0 Å². The van der Waals surface area contributed by atoms with Gasteiger partial charge in [-0.3, -0.25) is 0 Å². The lowest BCUT2D eigenvalue weighted by Crippen LogP contribution is -2.31. The van der Waals surface area contributed by atoms with Crippen molar-refractivity contribution in [2.45, 2.75) is 0 Å². The summed E-state index contributed by atoms with van der Waals surface area (Å²) in [4.78, 5) is 0. The second-order valence-electron chi connectivity index (χ2n) is 22.9. The normalized spacial score (nSPS) is 11.5. The molecule has 424 valence electrons. The predicted octanol–water partition coefficient (Wildman–Crippen LogP) is 22.6. The molecular weight excluding hydrogens is 1160 g/mol. The van der Waals surface area contributed by atoms with Crippen LogP contribution in [0, 0.1) is 0 Å². The smallest absolute Gasteiger partial charge is 0.455 e. The Morgan fingerprint density at radius 3 is 1.00 bits per heavy atom. The van der Waals surface area contributed by atoms with Crippen molar-refractivity contribution in [2.24, 2.45) is 0 Å². The van der Waals surface area contributed by atoms with Crippen molar-refractivity contribution in [3.63, 3.8) is 0 Å². The molecule has 16 aromatic carbocycles. The average molecular weight is 1220 g/mol. The van der Waals surface area contributed by atoms with Gasteiger partial charge in [-0.05, 0) is 170 Å². The summed E-state index contributed by atoms with van der Waals surface area (Å²) in [6.45, 7) is 0. The third-order valence-corrected chi connectivity index (χ3v) is 18.1. The Morgan fingerprint density at radius 1 is 0.233 bits per heavy atom. The van der Waals surface area contributed by atoms with Crippen LogP contribution in [0.1, 0.15) is 0 Å². The van der Waals surface area contributed by atoms with Gasteiger partial charge in [0, 0.05) is 36.8 Å². The van der Waals surface area contributed by atoms with Crippen molar-refractivity contribution in [2.75, 3.05) is 0 Å². The zero-order chi connectivity index (χ0) is 60.2. The van der Waals surface area contributed by atoms with Crippen molar-refractivity contribution < 1.29 is 18.9 Å². The van der Waals surface area contributed by atoms with Crippen LogP contribution in [0.25, 0.3) is 164 Å². The molecule has 2 heterocycles. The summed E-state index contributed by atoms with van der Waals surface area (Å²) in [6, 6.07) is 110. The Bertz CT molecular complexity index is 5680. The first-order valence-electron chi connectivity index (χ1n) is 30.3. The average Bonchev–Trinajstić information content (AvgIpc) is 1.16. The molecular formula is C84H54BBrO4. The fraction of sp³-hybridized carbons (Fsp3) is 0. The summed E-state index contributed by atoms with van der Waals surface area (Å²) >= 11 is 3.55. The molecule has 0 atom stereocenters. The maximum absolute atomic E-state index is 9.94. The van der Waals surface area contributed by atoms with E-state index in [1.807, 2.05) is 72.8 Å². The van der Waals surface area contributed by atoms with E-state index in [1.54, 1.807) is 0 Å². The molecule has 0 radical (unpaired) electrons. The van der Waals surface area contributed by atoms with E-state index in [2.05, 4.69) is 259 Å². The van der Waals surface area contributed by atoms with Gasteiger partial charge in [0.15, 0.2) is 0 Å². The quantitative estimate of drug-likeness (QED) is 0.129. The zero-order valence-electron chi connectivity index (χ0n) is 48.7. The first kappa shape index (κ1) is 54.5. The van der Waals surface area contributed by atoms with Crippen LogP contribution < -0.4 is 5.46 Å². The van der Waals surface area contributed by atoms with E-state index in [1.165, 1.54) is 82.2 Å². The van der Waals surface area contributed by atoms with Crippen LogP contribution in [0.5, 0.6) is 0 Å². The van der Waals surface area contributed by atoms with Crippen molar-refractivity contribution in [1.82, 2.24) is 0 Å². The number of rotatable bonds is 6. The van der Waals surface area contributed by atoms with Crippen LogP contribution in [0.3, 0.4) is 0 Å². The molecule has 18 aromatic rings. The standard InChI is InChI=1S/C42H26O.C22H13BrO.C20H15BO2/c1-2-12-28(13-3-1)40-33-17-6-8-19-35(33)41(36-20-9-7-18-34(36)40)31-15-10-14-29(25-31)30-22-24-39-38(26-30)37-23-21-27-11-4-5-16-32(27)42(37)43-39;23-17-6-3-5-15(12-17)16-9-11-21-20(13-16)19-10-8-14-4-1-2-7-18(14)22(19)24-21;22-21(23)20-17-12-6-4-10-15(17)19(14-8-2-1-3-9-14)16-11-5-7-13-18(16)20/h1-26H;1-13H;1-13,22-23H. The predicted molar refractivity (Wildman–Crippen MR) is 384 cm³/mol. The van der Waals surface area contributed by atoms with Gasteiger partial charge in [-0.1, -0.05) is 277 Å². The van der Waals surface area contributed by atoms with Crippen molar-refractivity contribution in [1.29, 1.82) is 0 Å². The molecule has 0 aliphatic heterocycles. The van der Waals surface area contributed by atoms with Crippen molar-refractivity contribution in [3.8, 4) is 55.6 Å². The fourth-order valence-corrected chi connectivity index (χ4v) is 14.0. The van der Waals surface area contributed by atoms with E-state index in [0.717, 1.165) is 86.4 Å². The molecule has 0 aliphatic carbocycles. The number of halogens is 1. The highest BCUT2D eigenvalue weighted by Crippen LogP contribution is 2.45. The molecule has 18 rings (SSSR count). The van der Waals surface area contributed by atoms with Gasteiger partial charge in [0.05, 0.1) is 0 Å². The van der Waals surface area contributed by atoms with Crippen molar-refractivity contribution >= 4 is 137 Å². The Morgan fingerprint density at radius 2 is 0.567 bits per heavy atom. The van der Waals surface area contributed by atoms with E-state index in [-0.39, 0.29) is 0 Å². The third-order valence-electron chi connectivity index (χ3n) is 17.7. The summed E-state index contributed by atoms with van der Waals surface area (Å²) in [7, 11) is -1.50. The minimum atomic E-state index is -1.50. The Labute approximate surface area is 528 Å². The summed E-state index contributed by atoms with van der Waals surface area (Å²) < 4.78 is 13.7. The number of furan rings is 2. The number of benzene rings is 16. The summed E-state index contributed by atoms with van der Waals surface area (Å²) in [5.74, 6) is 0. The molecule has 0 bridgehead atoms. The summed E-state index contributed by atoms with van der Waals surface area (Å²) in [5, 5.41) is 38.1. The SMILES string of the molecule is Brc1cccc(-c2ccc3oc4c5ccccc5ccc4c3c2)c1.OB(O)c1c2ccccc2c(-c2ccccc2)c2ccccc12.c1ccc(-c2c3ccccc3c(-c3cccc(-c4ccc5oc6c7ccccc7ccc6c5c4)c3)c3ccccc23)cc1. The highest BCUT2D eigenvalue weighted by atomic mass is 79.9. The third kappa shape index (κ3) is 9.66. The van der Waals surface area contributed by atoms with Crippen LogP contribution in [-0.2, 0) is 0 Å². The van der Waals surface area contributed by atoms with E-state index in [0.29, 0.717) is 5.46 Å². The maximum Gasteiger partial charge on any atom is 0.489 e. The molecule has 0 spiro atoms. The highest BCUT2D eigenvalue weighted by molar-refractivity contribution is 9.10. The molecule has 0 unspecified atom stereocenters. The highest BCUT2D eigenvalue weighted by Gasteiger charge is 2.23. The van der Waals surface area contributed by atoms with Gasteiger partial charge in [0.25, 0.3) is 0 Å². The topological polar surface area (TPSA) is 66.7 Å². The lowest BCUT2D eigenvalue weighted by atomic mass is 9.72. The lowest BCUT2D eigenvalue weighted by molar-refractivity contribution is 0.426. The molecule has 0 fully saturated rings. The minimum Gasteiger partial charge on any atom is -0.455 e. The molecule has 6 heteroatoms. The fourth-order valence-electron chi connectivity index (χ4n) is 13.6. The number of fused-ring (bicyclic) bond motifs is 14. The van der Waals surface area contributed by atoms with Gasteiger partial charge in [-0.2, -0.15) is 0 Å². The van der Waals surface area contributed by atoms with Crippen molar-refractivity contribution in [3.05, 3.63) is 320 Å². The molecule has 0 amide bonds. The Balaban J connectivity index is 0.000000117. The largest absolute Gasteiger partial charge is 0.489 e. The molecule has 2 aromatic heterocycles. The van der Waals surface area contributed by atoms with Gasteiger partial charge < -0.3 is 18.9 Å². The maximum atomic E-state index is 9.94. The first-order valence-corrected chi connectivity index (χ1v) is 31.1. The van der Waals surface area contributed by atoms with Crippen LogP contribution in [0.4, 0.5) is 0 Å². The molecule has 90 heavy (non-hydrogen) atoms. The molecule has 4 nitrogen and oxygen atoms in total. The van der Waals surface area contributed by atoms with E-state index < -0.39 is 7.12 Å². The summed E-state index contributed by atoms with van der Waals surface area (Å²) in [5.41, 5.74) is 16.4. The van der Waals surface area contributed by atoms with Gasteiger partial charge >= 0.3 is 7.12 Å². The molecule has 0 saturated heterocycles. The Hall–Kier alpha value is -10.9. The second kappa shape index (κ2) is 23.0. The number of hydrogen-bond acceptors (Lipinski definition) is 4. The summed E-state index contributed by atoms with van der Waals surface area (Å²) in [6.07, 6.45) is 0. The number of hydrogen-bond donors (Lipinski definition) is 2. The molecule has 0 aliphatic rings. The minimum absolute atomic E-state index is 0.566. The lowest BCUT2D eigenvalue weighted by Gasteiger charge is -2.18. The zero-order valence-corrected chi connectivity index (χ0v) is 50.3. The van der Waals surface area contributed by atoms with Gasteiger partial charge in [0.1, 0.15) is 22.3 Å². The van der Waals surface area contributed by atoms with Crippen LogP contribution in [-0.4, -0.2) is 17.2 Å². The van der Waals surface area contributed by atoms with Crippen LogP contribution >= 0.6 is 15.9 Å². The Kier molecular flexibility index (Phi) is 13.9. The van der Waals surface area contributed by atoms with E-state index in [4.69, 9.17) is 8.83 Å². The van der Waals surface area contributed by atoms with Gasteiger partial charge in [-0.15, -0.1) is 0 Å². The van der Waals surface area contributed by atoms with Crippen LogP contribution in [0.15, 0.2) is 329 Å². The molecule has 2 N–H and O–H groups in total. The van der Waals surface area contributed by atoms with Gasteiger partial charge in [0.2, 0.25) is 0 Å². The molecule has 0 saturated carbocycles. The second-order valence-corrected chi connectivity index (χ2v) is 23.8. The monoisotopic (exact) mass is 1220 g/mol. The van der Waals surface area contributed by atoms with E-state index >= 15 is 0 Å². The van der Waals surface area contributed by atoms with Crippen LogP contribution in [0.2, 0.25) is 0 Å². The first-order chi connectivity index (χ1) is 44.4.